The summed E-state index contributed by atoms with van der Waals surface area (Å²) in [5.41, 5.74) is 0. The molecule has 4 atom stereocenters. The summed E-state index contributed by atoms with van der Waals surface area (Å²) in [6.07, 6.45) is 24.4. The molecule has 0 aliphatic carbocycles. The van der Waals surface area contributed by atoms with Crippen molar-refractivity contribution in [2.24, 2.45) is 11.8 Å². The van der Waals surface area contributed by atoms with Crippen LogP contribution in [0.4, 0.5) is 0 Å². The number of allylic oxidation sites excluding steroid dienone is 1. The average Bonchev–Trinajstić information content (AvgIpc) is 2.95. The molecule has 0 aromatic heterocycles. The first kappa shape index (κ1) is 42.0. The third-order valence-corrected chi connectivity index (χ3v) is 8.73. The number of hydrogen-bond acceptors (Lipinski definition) is 6. The van der Waals surface area contributed by atoms with Crippen molar-refractivity contribution in [3.05, 3.63) is 12.2 Å². The first-order valence-electron chi connectivity index (χ1n) is 17.4. The highest BCUT2D eigenvalue weighted by molar-refractivity contribution is 7.80. The predicted octanol–water partition coefficient (Wildman–Crippen LogP) is 8.07. The Balaban J connectivity index is 4.25. The van der Waals surface area contributed by atoms with Gasteiger partial charge < -0.3 is 15.5 Å². The fraction of sp³-hybridized carbons (Fsp3) is 0.912. The Labute approximate surface area is 264 Å². The summed E-state index contributed by atoms with van der Waals surface area (Å²) in [4.78, 5) is 12.5. The normalized spacial score (nSPS) is 15.2. The van der Waals surface area contributed by atoms with Gasteiger partial charge in [-0.25, -0.2) is 4.18 Å². The number of aliphatic hydroxyl groups is 2. The van der Waals surface area contributed by atoms with Crippen LogP contribution in [-0.4, -0.2) is 53.9 Å². The lowest BCUT2D eigenvalue weighted by Gasteiger charge is -2.23. The highest BCUT2D eigenvalue weighted by atomic mass is 32.3. The van der Waals surface area contributed by atoms with E-state index in [1.165, 1.54) is 89.5 Å². The van der Waals surface area contributed by atoms with E-state index in [0.29, 0.717) is 6.42 Å². The average molecular weight is 634 g/mol. The van der Waals surface area contributed by atoms with E-state index in [1.807, 2.05) is 6.08 Å². The molecule has 9 heteroatoms. The molecule has 4 N–H and O–H groups in total. The molecule has 3 unspecified atom stereocenters. The number of amides is 1. The third kappa shape index (κ3) is 28.2. The number of nitrogens with one attached hydrogen (secondary N) is 1. The van der Waals surface area contributed by atoms with Gasteiger partial charge in [0.25, 0.3) is 0 Å². The van der Waals surface area contributed by atoms with Crippen molar-refractivity contribution in [3.8, 4) is 0 Å². The van der Waals surface area contributed by atoms with Crippen molar-refractivity contribution in [1.29, 1.82) is 0 Å². The second-order valence-electron chi connectivity index (χ2n) is 13.0. The maximum atomic E-state index is 12.5. The number of rotatable bonds is 30. The molecule has 0 aromatic carbocycles. The Bertz CT molecular complexity index is 788. The second kappa shape index (κ2) is 27.3. The van der Waals surface area contributed by atoms with Gasteiger partial charge in [0.2, 0.25) is 5.91 Å². The first-order valence-corrected chi connectivity index (χ1v) is 18.8. The summed E-state index contributed by atoms with van der Waals surface area (Å²) < 4.78 is 35.5. The number of hydrogen-bond donors (Lipinski definition) is 4. The van der Waals surface area contributed by atoms with Gasteiger partial charge in [-0.1, -0.05) is 155 Å². The minimum absolute atomic E-state index is 0.287. The zero-order chi connectivity index (χ0) is 32.3. The maximum Gasteiger partial charge on any atom is 0.397 e. The van der Waals surface area contributed by atoms with E-state index in [9.17, 15) is 23.4 Å². The summed E-state index contributed by atoms with van der Waals surface area (Å²) in [7, 11) is -4.74. The SMILES string of the molecule is CCC(C)CCCCCCCC[C@@H](O)C(=O)NC(COS(=O)(=O)O)C(O)/C=C/CCCCCCCCCCCCC(C)C. The molecule has 0 spiro atoms. The highest BCUT2D eigenvalue weighted by Gasteiger charge is 2.25. The predicted molar refractivity (Wildman–Crippen MR) is 177 cm³/mol. The van der Waals surface area contributed by atoms with Crippen molar-refractivity contribution < 1.29 is 32.2 Å². The van der Waals surface area contributed by atoms with E-state index in [0.717, 1.165) is 50.4 Å². The standard InChI is InChI=1S/C34H67NO7S/c1-5-30(4)25-21-17-14-15-19-23-27-33(37)34(38)35-31(28-42-43(39,40)41)32(36)26-22-18-13-11-9-7-6-8-10-12-16-20-24-29(2)3/h22,26,29-33,36-37H,5-21,23-25,27-28H2,1-4H3,(H,35,38)(H,39,40,41)/b26-22+/t30?,31?,32?,33-/m1/s1. The van der Waals surface area contributed by atoms with Crippen LogP contribution in [-0.2, 0) is 19.4 Å². The van der Waals surface area contributed by atoms with Crippen LogP contribution in [0, 0.1) is 11.8 Å². The van der Waals surface area contributed by atoms with Crippen LogP contribution in [0.2, 0.25) is 0 Å². The van der Waals surface area contributed by atoms with E-state index in [1.54, 1.807) is 0 Å². The minimum Gasteiger partial charge on any atom is -0.387 e. The van der Waals surface area contributed by atoms with Crippen LogP contribution in [0.5, 0.6) is 0 Å². The summed E-state index contributed by atoms with van der Waals surface area (Å²) in [6, 6.07) is -1.13. The molecular weight excluding hydrogens is 566 g/mol. The number of aliphatic hydroxyl groups excluding tert-OH is 2. The van der Waals surface area contributed by atoms with Gasteiger partial charge in [0.1, 0.15) is 6.10 Å². The molecule has 43 heavy (non-hydrogen) atoms. The van der Waals surface area contributed by atoms with Crippen LogP contribution in [0.25, 0.3) is 0 Å². The van der Waals surface area contributed by atoms with Crippen LogP contribution >= 0.6 is 0 Å². The molecule has 0 aliphatic rings. The largest absolute Gasteiger partial charge is 0.397 e. The fourth-order valence-electron chi connectivity index (χ4n) is 5.14. The molecule has 0 radical (unpaired) electrons. The highest BCUT2D eigenvalue weighted by Crippen LogP contribution is 2.16. The molecule has 0 aromatic rings. The van der Waals surface area contributed by atoms with Crippen LogP contribution in [0.3, 0.4) is 0 Å². The molecule has 0 heterocycles. The molecule has 0 saturated carbocycles. The quantitative estimate of drug-likeness (QED) is 0.0357. The van der Waals surface area contributed by atoms with Crippen LogP contribution in [0.15, 0.2) is 12.2 Å². The molecule has 0 bridgehead atoms. The minimum atomic E-state index is -4.74. The zero-order valence-electron chi connectivity index (χ0n) is 28.0. The van der Waals surface area contributed by atoms with Gasteiger partial charge in [0, 0.05) is 0 Å². The summed E-state index contributed by atoms with van der Waals surface area (Å²) >= 11 is 0. The Morgan fingerprint density at radius 3 is 1.70 bits per heavy atom. The zero-order valence-corrected chi connectivity index (χ0v) is 28.8. The molecule has 0 fully saturated rings. The van der Waals surface area contributed by atoms with Crippen molar-refractivity contribution in [3.63, 3.8) is 0 Å². The Hall–Kier alpha value is -1.00. The number of unbranched alkanes of at least 4 members (excludes halogenated alkanes) is 15. The van der Waals surface area contributed by atoms with E-state index < -0.39 is 41.2 Å². The lowest BCUT2D eigenvalue weighted by molar-refractivity contribution is -0.131. The van der Waals surface area contributed by atoms with Gasteiger partial charge in [-0.05, 0) is 31.1 Å². The lowest BCUT2D eigenvalue weighted by atomic mass is 9.99. The molecule has 0 aliphatic heterocycles. The van der Waals surface area contributed by atoms with Gasteiger partial charge in [-0.2, -0.15) is 8.42 Å². The van der Waals surface area contributed by atoms with E-state index in [2.05, 4.69) is 37.2 Å². The number of carbonyl (C=O) groups is 1. The molecule has 1 amide bonds. The van der Waals surface area contributed by atoms with Crippen LogP contribution in [0.1, 0.15) is 163 Å². The smallest absolute Gasteiger partial charge is 0.387 e. The summed E-state index contributed by atoms with van der Waals surface area (Å²) in [5, 5.41) is 23.4. The Morgan fingerprint density at radius 2 is 1.21 bits per heavy atom. The third-order valence-electron chi connectivity index (χ3n) is 8.30. The maximum absolute atomic E-state index is 12.5. The van der Waals surface area contributed by atoms with Gasteiger partial charge in [0.05, 0.1) is 18.8 Å². The van der Waals surface area contributed by atoms with Crippen molar-refractivity contribution in [2.75, 3.05) is 6.61 Å². The molecule has 256 valence electrons. The molecule has 0 rings (SSSR count). The van der Waals surface area contributed by atoms with Gasteiger partial charge in [-0.15, -0.1) is 0 Å². The monoisotopic (exact) mass is 633 g/mol. The van der Waals surface area contributed by atoms with Gasteiger partial charge in [0.15, 0.2) is 0 Å². The van der Waals surface area contributed by atoms with Crippen molar-refractivity contribution in [1.82, 2.24) is 5.32 Å². The molecule has 0 saturated heterocycles. The summed E-state index contributed by atoms with van der Waals surface area (Å²) in [6.45, 7) is 8.42. The topological polar surface area (TPSA) is 133 Å². The summed E-state index contributed by atoms with van der Waals surface area (Å²) in [5.74, 6) is 0.889. The Kier molecular flexibility index (Phi) is 26.7. The molecular formula is C34H67NO7S. The van der Waals surface area contributed by atoms with Gasteiger partial charge in [-0.3, -0.25) is 9.35 Å². The van der Waals surface area contributed by atoms with Crippen molar-refractivity contribution in [2.45, 2.75) is 181 Å². The Morgan fingerprint density at radius 1 is 0.744 bits per heavy atom. The second-order valence-corrected chi connectivity index (χ2v) is 14.1. The van der Waals surface area contributed by atoms with Crippen LogP contribution < -0.4 is 5.32 Å². The van der Waals surface area contributed by atoms with Crippen molar-refractivity contribution >= 4 is 16.3 Å². The first-order chi connectivity index (χ1) is 20.5. The van der Waals surface area contributed by atoms with E-state index in [4.69, 9.17) is 4.55 Å². The lowest BCUT2D eigenvalue weighted by Crippen LogP contribution is -2.49. The number of carbonyl (C=O) groups excluding carboxylic acids is 1. The van der Waals surface area contributed by atoms with E-state index in [-0.39, 0.29) is 6.42 Å². The molecule has 8 nitrogen and oxygen atoms in total. The van der Waals surface area contributed by atoms with E-state index >= 15 is 0 Å². The fourth-order valence-corrected chi connectivity index (χ4v) is 5.45. The van der Waals surface area contributed by atoms with Gasteiger partial charge >= 0.3 is 10.4 Å².